The fourth-order valence-electron chi connectivity index (χ4n) is 2.76. The lowest BCUT2D eigenvalue weighted by Crippen LogP contribution is -2.50. The highest BCUT2D eigenvalue weighted by atomic mass is 15.2. The second kappa shape index (κ2) is 8.17. The normalized spacial score (nSPS) is 14.4. The average molecular weight is 287 g/mol. The van der Waals surface area contributed by atoms with Gasteiger partial charge in [-0.1, -0.05) is 58.0 Å². The van der Waals surface area contributed by atoms with Crippen LogP contribution in [0.5, 0.6) is 0 Å². The summed E-state index contributed by atoms with van der Waals surface area (Å²) in [4.78, 5) is 2.40. The monoisotopic (exact) mass is 287 g/mol. The number of nitrogens with one attached hydrogen (secondary N) is 1. The van der Waals surface area contributed by atoms with E-state index in [0.717, 1.165) is 18.7 Å². The van der Waals surface area contributed by atoms with Crippen molar-refractivity contribution in [3.05, 3.63) is 35.9 Å². The third-order valence-electron chi connectivity index (χ3n) is 3.59. The largest absolute Gasteiger partial charge is 0.300 e. The van der Waals surface area contributed by atoms with Gasteiger partial charge in [0.2, 0.25) is 0 Å². The first-order valence-corrected chi connectivity index (χ1v) is 7.81. The van der Waals surface area contributed by atoms with E-state index in [9.17, 15) is 5.26 Å². The van der Waals surface area contributed by atoms with Crippen LogP contribution in [0.4, 0.5) is 0 Å². The topological polar surface area (TPSA) is 39.1 Å². The van der Waals surface area contributed by atoms with Crippen molar-refractivity contribution in [2.24, 2.45) is 11.8 Å². The van der Waals surface area contributed by atoms with Crippen LogP contribution in [0.25, 0.3) is 0 Å². The number of nitrogens with zero attached hydrogens (tertiary/aromatic N) is 2. The molecule has 116 valence electrons. The zero-order chi connectivity index (χ0) is 15.9. The highest BCUT2D eigenvalue weighted by molar-refractivity contribution is 5.31. The summed E-state index contributed by atoms with van der Waals surface area (Å²) in [7, 11) is 1.87. The molecule has 1 unspecified atom stereocenters. The Hall–Kier alpha value is -1.37. The molecule has 0 saturated heterocycles. The van der Waals surface area contributed by atoms with Gasteiger partial charge in [0, 0.05) is 19.6 Å². The van der Waals surface area contributed by atoms with Crippen molar-refractivity contribution in [1.29, 1.82) is 5.26 Å². The standard InChI is InChI=1S/C18H29N3/c1-15(2)11-21(12-16(3)4)14-18(13-19,20-5)17-9-7-6-8-10-17/h6-10,15-16,20H,11-12,14H2,1-5H3. The van der Waals surface area contributed by atoms with Gasteiger partial charge >= 0.3 is 0 Å². The van der Waals surface area contributed by atoms with Crippen molar-refractivity contribution >= 4 is 0 Å². The molecule has 0 aliphatic heterocycles. The van der Waals surface area contributed by atoms with Gasteiger partial charge in [-0.25, -0.2) is 0 Å². The molecule has 0 heterocycles. The van der Waals surface area contributed by atoms with E-state index in [2.05, 4.69) is 44.0 Å². The Kier molecular flexibility index (Phi) is 6.87. The third-order valence-corrected chi connectivity index (χ3v) is 3.59. The number of hydrogen-bond acceptors (Lipinski definition) is 3. The maximum absolute atomic E-state index is 9.81. The molecule has 0 aliphatic rings. The minimum absolute atomic E-state index is 0.591. The van der Waals surface area contributed by atoms with Crippen LogP contribution in [0, 0.1) is 23.2 Å². The lowest BCUT2D eigenvalue weighted by atomic mass is 9.90. The van der Waals surface area contributed by atoms with Crippen LogP contribution in [0.15, 0.2) is 30.3 Å². The number of rotatable bonds is 8. The van der Waals surface area contributed by atoms with Gasteiger partial charge in [-0.3, -0.25) is 10.2 Å². The van der Waals surface area contributed by atoms with Crippen molar-refractivity contribution in [2.45, 2.75) is 33.2 Å². The van der Waals surface area contributed by atoms with E-state index in [0.29, 0.717) is 18.4 Å². The van der Waals surface area contributed by atoms with E-state index in [1.807, 2.05) is 37.4 Å². The van der Waals surface area contributed by atoms with E-state index in [1.165, 1.54) is 0 Å². The highest BCUT2D eigenvalue weighted by Crippen LogP contribution is 2.22. The van der Waals surface area contributed by atoms with Crippen LogP contribution in [0.3, 0.4) is 0 Å². The van der Waals surface area contributed by atoms with Gasteiger partial charge in [0.15, 0.2) is 0 Å². The van der Waals surface area contributed by atoms with E-state index < -0.39 is 5.54 Å². The minimum Gasteiger partial charge on any atom is -0.300 e. The highest BCUT2D eigenvalue weighted by Gasteiger charge is 2.33. The predicted molar refractivity (Wildman–Crippen MR) is 88.9 cm³/mol. The summed E-state index contributed by atoms with van der Waals surface area (Å²) in [5.41, 5.74) is 0.387. The molecule has 0 fully saturated rings. The molecule has 1 atom stereocenters. The van der Waals surface area contributed by atoms with E-state index in [-0.39, 0.29) is 0 Å². The maximum Gasteiger partial charge on any atom is 0.144 e. The fourth-order valence-corrected chi connectivity index (χ4v) is 2.76. The molecule has 0 amide bonds. The molecule has 1 rings (SSSR count). The van der Waals surface area contributed by atoms with Crippen molar-refractivity contribution in [2.75, 3.05) is 26.7 Å². The Labute approximate surface area is 130 Å². The predicted octanol–water partition coefficient (Wildman–Crippen LogP) is 3.24. The second-order valence-corrected chi connectivity index (χ2v) is 6.61. The Balaban J connectivity index is 3.01. The molecule has 0 aliphatic carbocycles. The Morgan fingerprint density at radius 2 is 1.62 bits per heavy atom. The average Bonchev–Trinajstić information content (AvgIpc) is 2.44. The number of likely N-dealkylation sites (N-methyl/N-ethyl adjacent to an activating group) is 1. The molecule has 0 bridgehead atoms. The van der Waals surface area contributed by atoms with Crippen molar-refractivity contribution in [1.82, 2.24) is 10.2 Å². The summed E-state index contributed by atoms with van der Waals surface area (Å²) < 4.78 is 0. The van der Waals surface area contributed by atoms with E-state index in [4.69, 9.17) is 0 Å². The lowest BCUT2D eigenvalue weighted by molar-refractivity contribution is 0.178. The molecule has 3 nitrogen and oxygen atoms in total. The maximum atomic E-state index is 9.81. The Morgan fingerprint density at radius 3 is 2.00 bits per heavy atom. The van der Waals surface area contributed by atoms with Gasteiger partial charge in [-0.15, -0.1) is 0 Å². The van der Waals surface area contributed by atoms with Gasteiger partial charge in [-0.2, -0.15) is 5.26 Å². The zero-order valence-electron chi connectivity index (χ0n) is 14.1. The molecule has 0 aromatic heterocycles. The number of benzene rings is 1. The smallest absolute Gasteiger partial charge is 0.144 e. The third kappa shape index (κ3) is 5.15. The van der Waals surface area contributed by atoms with Crippen LogP contribution in [0.2, 0.25) is 0 Å². The summed E-state index contributed by atoms with van der Waals surface area (Å²) >= 11 is 0. The SMILES string of the molecule is CNC(C#N)(CN(CC(C)C)CC(C)C)c1ccccc1. The number of nitriles is 1. The molecular formula is C18H29N3. The van der Waals surface area contributed by atoms with Gasteiger partial charge in [0.1, 0.15) is 5.54 Å². The summed E-state index contributed by atoms with van der Waals surface area (Å²) in [5, 5.41) is 13.1. The zero-order valence-corrected chi connectivity index (χ0v) is 14.1. The van der Waals surface area contributed by atoms with Gasteiger partial charge in [-0.05, 0) is 24.4 Å². The van der Waals surface area contributed by atoms with Gasteiger partial charge in [0.05, 0.1) is 6.07 Å². The summed E-state index contributed by atoms with van der Waals surface area (Å²) in [6.45, 7) is 11.6. The van der Waals surface area contributed by atoms with Crippen LogP contribution >= 0.6 is 0 Å². The minimum atomic E-state index is -0.648. The first kappa shape index (κ1) is 17.7. The summed E-state index contributed by atoms with van der Waals surface area (Å²) in [6.07, 6.45) is 0. The molecule has 3 heteroatoms. The van der Waals surface area contributed by atoms with Crippen molar-refractivity contribution in [3.63, 3.8) is 0 Å². The molecule has 0 radical (unpaired) electrons. The van der Waals surface area contributed by atoms with E-state index in [1.54, 1.807) is 0 Å². The fraction of sp³-hybridized carbons (Fsp3) is 0.611. The molecule has 1 aromatic carbocycles. The summed E-state index contributed by atoms with van der Waals surface area (Å²) in [6, 6.07) is 12.5. The molecule has 1 aromatic rings. The van der Waals surface area contributed by atoms with Crippen molar-refractivity contribution in [3.8, 4) is 6.07 Å². The molecule has 21 heavy (non-hydrogen) atoms. The van der Waals surface area contributed by atoms with Crippen LogP contribution in [-0.4, -0.2) is 31.6 Å². The quantitative estimate of drug-likeness (QED) is 0.798. The summed E-state index contributed by atoms with van der Waals surface area (Å²) in [5.74, 6) is 1.18. The molecular weight excluding hydrogens is 258 g/mol. The van der Waals surface area contributed by atoms with Crippen LogP contribution in [-0.2, 0) is 5.54 Å². The molecule has 0 saturated carbocycles. The van der Waals surface area contributed by atoms with Crippen LogP contribution in [0.1, 0.15) is 33.3 Å². The molecule has 0 spiro atoms. The van der Waals surface area contributed by atoms with Gasteiger partial charge < -0.3 is 0 Å². The van der Waals surface area contributed by atoms with Crippen LogP contribution < -0.4 is 5.32 Å². The number of hydrogen-bond donors (Lipinski definition) is 1. The lowest BCUT2D eigenvalue weighted by Gasteiger charge is -2.35. The molecule has 1 N–H and O–H groups in total. The first-order chi connectivity index (χ1) is 9.93. The second-order valence-electron chi connectivity index (χ2n) is 6.61. The van der Waals surface area contributed by atoms with Gasteiger partial charge in [0.25, 0.3) is 0 Å². The Bertz CT molecular complexity index is 437. The first-order valence-electron chi connectivity index (χ1n) is 7.81. The van der Waals surface area contributed by atoms with Crippen molar-refractivity contribution < 1.29 is 0 Å². The van der Waals surface area contributed by atoms with E-state index >= 15 is 0 Å². The Morgan fingerprint density at radius 1 is 1.10 bits per heavy atom.